The number of thioether (sulfide) groups is 1. The molecular weight excluding hydrogens is 651 g/mol. The van der Waals surface area contributed by atoms with Crippen molar-refractivity contribution in [2.24, 2.45) is 10.2 Å². The molecule has 50 heavy (non-hydrogen) atoms. The number of benzene rings is 5. The zero-order chi connectivity index (χ0) is 34.9. The number of hydrogen-bond donors (Lipinski definition) is 2. The Balaban J connectivity index is 1.10. The van der Waals surface area contributed by atoms with Gasteiger partial charge in [0.15, 0.2) is 0 Å². The number of azo groups is 1. The zero-order valence-corrected chi connectivity index (χ0v) is 27.7. The van der Waals surface area contributed by atoms with Crippen LogP contribution in [-0.2, 0) is 14.4 Å². The van der Waals surface area contributed by atoms with Gasteiger partial charge in [0.2, 0.25) is 11.8 Å². The summed E-state index contributed by atoms with van der Waals surface area (Å²) in [5.74, 6) is -0.887. The molecule has 4 amide bonds. The molecule has 1 aliphatic heterocycles. The van der Waals surface area contributed by atoms with E-state index in [4.69, 9.17) is 4.74 Å². The Morgan fingerprint density at radius 2 is 1.40 bits per heavy atom. The number of carbonyl (C=O) groups is 4. The van der Waals surface area contributed by atoms with Gasteiger partial charge in [0.05, 0.1) is 29.4 Å². The van der Waals surface area contributed by atoms with Gasteiger partial charge in [-0.25, -0.2) is 4.90 Å². The number of nitrogens with zero attached hydrogens (tertiary/aromatic N) is 3. The van der Waals surface area contributed by atoms with E-state index in [-0.39, 0.29) is 23.9 Å². The minimum absolute atomic E-state index is 0.0462. The SMILES string of the molecule is COc1ccc(/C=C(\NC(=O)c2ccccc2)C(=O)Nc2ccc(SC3CC(=O)N(c4ccc(N=Nc5ccccc5)cc4)C3=O)cc2)cc1. The van der Waals surface area contributed by atoms with E-state index in [0.717, 1.165) is 10.6 Å². The molecule has 0 saturated carbocycles. The molecule has 1 heterocycles. The molecule has 5 aromatic carbocycles. The van der Waals surface area contributed by atoms with Crippen LogP contribution < -0.4 is 20.3 Å². The van der Waals surface area contributed by atoms with Crippen LogP contribution in [-0.4, -0.2) is 36.0 Å². The number of carbonyl (C=O) groups excluding carboxylic acids is 4. The Morgan fingerprint density at radius 1 is 0.780 bits per heavy atom. The van der Waals surface area contributed by atoms with Gasteiger partial charge in [0.25, 0.3) is 11.8 Å². The summed E-state index contributed by atoms with van der Waals surface area (Å²) in [6, 6.07) is 38.7. The van der Waals surface area contributed by atoms with Crippen LogP contribution in [0.5, 0.6) is 5.75 Å². The molecule has 1 fully saturated rings. The summed E-state index contributed by atoms with van der Waals surface area (Å²) >= 11 is 1.28. The Labute approximate surface area is 292 Å². The van der Waals surface area contributed by atoms with Crippen molar-refractivity contribution in [2.45, 2.75) is 16.6 Å². The lowest BCUT2D eigenvalue weighted by atomic mass is 10.1. The lowest BCUT2D eigenvalue weighted by Crippen LogP contribution is -2.31. The highest BCUT2D eigenvalue weighted by atomic mass is 32.2. The van der Waals surface area contributed by atoms with E-state index in [0.29, 0.717) is 33.9 Å². The van der Waals surface area contributed by atoms with Crippen LogP contribution in [0.3, 0.4) is 0 Å². The van der Waals surface area contributed by atoms with Crippen LogP contribution >= 0.6 is 11.8 Å². The molecule has 1 unspecified atom stereocenters. The molecule has 1 aliphatic rings. The first-order valence-electron chi connectivity index (χ1n) is 15.6. The van der Waals surface area contributed by atoms with E-state index in [9.17, 15) is 19.2 Å². The standard InChI is InChI=1S/C39H31N5O5S/c1-49-32-20-12-26(13-21-32)24-34(41-37(46)27-8-4-2-5-9-27)38(47)40-28-16-22-33(23-17-28)50-35-25-36(45)44(39(35)48)31-18-14-30(15-19-31)43-42-29-10-6-3-7-11-29/h2-24,35H,25H2,1H3,(H,40,47)(H,41,46)/b34-24-,43-42?. The molecule has 0 bridgehead atoms. The fourth-order valence-corrected chi connectivity index (χ4v) is 6.09. The molecule has 1 atom stereocenters. The van der Waals surface area contributed by atoms with Crippen molar-refractivity contribution in [1.82, 2.24) is 5.32 Å². The normalized spacial score (nSPS) is 14.5. The van der Waals surface area contributed by atoms with Gasteiger partial charge in [0, 0.05) is 22.6 Å². The Bertz CT molecular complexity index is 2050. The van der Waals surface area contributed by atoms with E-state index < -0.39 is 17.1 Å². The second kappa shape index (κ2) is 15.7. The number of imide groups is 1. The monoisotopic (exact) mass is 681 g/mol. The van der Waals surface area contributed by atoms with E-state index in [1.807, 2.05) is 30.3 Å². The third-order valence-corrected chi connectivity index (χ3v) is 8.79. The highest BCUT2D eigenvalue weighted by Crippen LogP contribution is 2.35. The van der Waals surface area contributed by atoms with Gasteiger partial charge < -0.3 is 15.4 Å². The maximum absolute atomic E-state index is 13.4. The number of nitrogens with one attached hydrogen (secondary N) is 2. The molecule has 0 aliphatic carbocycles. The van der Waals surface area contributed by atoms with Gasteiger partial charge in [0.1, 0.15) is 11.4 Å². The summed E-state index contributed by atoms with van der Waals surface area (Å²) in [4.78, 5) is 54.5. The molecule has 1 saturated heterocycles. The molecule has 11 heteroatoms. The van der Waals surface area contributed by atoms with Crippen molar-refractivity contribution < 1.29 is 23.9 Å². The van der Waals surface area contributed by atoms with E-state index in [1.54, 1.807) is 116 Å². The van der Waals surface area contributed by atoms with Gasteiger partial charge in [-0.05, 0) is 96.6 Å². The predicted octanol–water partition coefficient (Wildman–Crippen LogP) is 7.94. The number of methoxy groups -OCH3 is 1. The number of anilines is 2. The molecule has 248 valence electrons. The van der Waals surface area contributed by atoms with Crippen LogP contribution in [0.2, 0.25) is 0 Å². The first kappa shape index (κ1) is 33.6. The molecule has 10 nitrogen and oxygen atoms in total. The first-order chi connectivity index (χ1) is 24.4. The average molecular weight is 682 g/mol. The lowest BCUT2D eigenvalue weighted by Gasteiger charge is -2.15. The summed E-state index contributed by atoms with van der Waals surface area (Å²) in [5.41, 5.74) is 3.40. The second-order valence-electron chi connectivity index (χ2n) is 11.1. The maximum atomic E-state index is 13.4. The molecule has 0 spiro atoms. The van der Waals surface area contributed by atoms with Crippen molar-refractivity contribution in [3.63, 3.8) is 0 Å². The number of rotatable bonds is 11. The molecular formula is C39H31N5O5S. The van der Waals surface area contributed by atoms with Gasteiger partial charge >= 0.3 is 0 Å². The van der Waals surface area contributed by atoms with Crippen LogP contribution in [0, 0.1) is 0 Å². The van der Waals surface area contributed by atoms with Crippen molar-refractivity contribution >= 4 is 64.2 Å². The molecule has 6 rings (SSSR count). The summed E-state index contributed by atoms with van der Waals surface area (Å²) in [6.07, 6.45) is 1.63. The predicted molar refractivity (Wildman–Crippen MR) is 194 cm³/mol. The van der Waals surface area contributed by atoms with Crippen molar-refractivity contribution in [2.75, 3.05) is 17.3 Å². The fourth-order valence-electron chi connectivity index (χ4n) is 5.03. The largest absolute Gasteiger partial charge is 0.497 e. The van der Waals surface area contributed by atoms with Crippen LogP contribution in [0.4, 0.5) is 22.7 Å². The average Bonchev–Trinajstić information content (AvgIpc) is 3.43. The van der Waals surface area contributed by atoms with Crippen LogP contribution in [0.1, 0.15) is 22.3 Å². The van der Waals surface area contributed by atoms with Crippen LogP contribution in [0.25, 0.3) is 6.08 Å². The van der Waals surface area contributed by atoms with E-state index in [2.05, 4.69) is 20.9 Å². The van der Waals surface area contributed by atoms with Gasteiger partial charge in [-0.1, -0.05) is 48.5 Å². The highest BCUT2D eigenvalue weighted by Gasteiger charge is 2.40. The van der Waals surface area contributed by atoms with E-state index >= 15 is 0 Å². The summed E-state index contributed by atoms with van der Waals surface area (Å²) in [6.45, 7) is 0. The summed E-state index contributed by atoms with van der Waals surface area (Å²) < 4.78 is 5.22. The Hall–Kier alpha value is -6.33. The Kier molecular flexibility index (Phi) is 10.5. The fraction of sp³-hybridized carbons (Fsp3) is 0.0769. The lowest BCUT2D eigenvalue weighted by molar-refractivity contribution is -0.121. The number of amides is 4. The van der Waals surface area contributed by atoms with Crippen molar-refractivity contribution in [3.05, 3.63) is 150 Å². The summed E-state index contributed by atoms with van der Waals surface area (Å²) in [5, 5.41) is 13.4. The number of ether oxygens (including phenoxy) is 1. The minimum Gasteiger partial charge on any atom is -0.497 e. The second-order valence-corrected chi connectivity index (χ2v) is 12.3. The zero-order valence-electron chi connectivity index (χ0n) is 26.9. The molecule has 0 aromatic heterocycles. The molecule has 0 radical (unpaired) electrons. The van der Waals surface area contributed by atoms with Crippen LogP contribution in [0.15, 0.2) is 154 Å². The third-order valence-electron chi connectivity index (χ3n) is 7.60. The van der Waals surface area contributed by atoms with Gasteiger partial charge in [-0.3, -0.25) is 19.2 Å². The van der Waals surface area contributed by atoms with Gasteiger partial charge in [-0.15, -0.1) is 11.8 Å². The van der Waals surface area contributed by atoms with Gasteiger partial charge in [-0.2, -0.15) is 10.2 Å². The molecule has 5 aromatic rings. The van der Waals surface area contributed by atoms with Crippen molar-refractivity contribution in [1.29, 1.82) is 0 Å². The minimum atomic E-state index is -0.604. The maximum Gasteiger partial charge on any atom is 0.272 e. The number of hydrogen-bond acceptors (Lipinski definition) is 8. The first-order valence-corrected chi connectivity index (χ1v) is 16.5. The molecule has 2 N–H and O–H groups in total. The quantitative estimate of drug-likeness (QED) is 0.0827. The third kappa shape index (κ3) is 8.38. The topological polar surface area (TPSA) is 130 Å². The van der Waals surface area contributed by atoms with E-state index in [1.165, 1.54) is 16.7 Å². The highest BCUT2D eigenvalue weighted by molar-refractivity contribution is 8.00. The summed E-state index contributed by atoms with van der Waals surface area (Å²) in [7, 11) is 1.57. The van der Waals surface area contributed by atoms with Crippen molar-refractivity contribution in [3.8, 4) is 5.75 Å². The Morgan fingerprint density at radius 3 is 2.04 bits per heavy atom. The smallest absolute Gasteiger partial charge is 0.272 e.